The van der Waals surface area contributed by atoms with Crippen molar-refractivity contribution in [3.05, 3.63) is 143 Å². The number of allylic oxidation sites excluding steroid dienone is 4. The van der Waals surface area contributed by atoms with Crippen LogP contribution in [0.5, 0.6) is 5.75 Å². The Morgan fingerprint density at radius 1 is 0.923 bits per heavy atom. The predicted molar refractivity (Wildman–Crippen MR) is 152 cm³/mol. The first-order valence-corrected chi connectivity index (χ1v) is 12.0. The third-order valence-electron chi connectivity index (χ3n) is 5.48. The molecule has 3 aromatic carbocycles. The van der Waals surface area contributed by atoms with E-state index in [0.717, 1.165) is 22.4 Å². The number of methoxy groups -OCH3 is 1. The van der Waals surface area contributed by atoms with Crippen molar-refractivity contribution in [2.24, 2.45) is 0 Å². The Morgan fingerprint density at radius 2 is 1.59 bits per heavy atom. The van der Waals surface area contributed by atoms with Crippen LogP contribution in [0.3, 0.4) is 0 Å². The van der Waals surface area contributed by atoms with E-state index >= 15 is 0 Å². The molecule has 0 radical (unpaired) electrons. The summed E-state index contributed by atoms with van der Waals surface area (Å²) < 4.78 is 11.6. The number of ether oxygens (including phenoxy) is 2. The predicted octanol–water partition coefficient (Wildman–Crippen LogP) is 4.13. The van der Waals surface area contributed by atoms with Gasteiger partial charge in [0.15, 0.2) is 0 Å². The number of hydrogen-bond acceptors (Lipinski definition) is 5. The van der Waals surface area contributed by atoms with E-state index in [-0.39, 0.29) is 63.4 Å². The molecule has 0 saturated carbocycles. The summed E-state index contributed by atoms with van der Waals surface area (Å²) in [6, 6.07) is 25.3. The van der Waals surface area contributed by atoms with Gasteiger partial charge in [-0.15, -0.1) is 0 Å². The second kappa shape index (κ2) is 19.4. The number of hydroxylamine groups is 1. The Labute approximate surface area is 274 Å². The van der Waals surface area contributed by atoms with Gasteiger partial charge in [0.25, 0.3) is 5.91 Å². The van der Waals surface area contributed by atoms with Gasteiger partial charge in [-0.2, -0.15) is 6.20 Å². The Bertz CT molecular complexity index is 1220. The van der Waals surface area contributed by atoms with Crippen molar-refractivity contribution < 1.29 is 70.5 Å². The SMILES string of the molecule is C/C=C\C(=C/C=C[N-]OC)OCc1cc(CN(Cc2ccccc2)C(=O)c2ccccc2)ccc1OC.N.[K+]. The molecule has 39 heavy (non-hydrogen) atoms. The van der Waals surface area contributed by atoms with E-state index in [1.807, 2.05) is 103 Å². The number of carbonyl (C=O) groups excluding carboxylic acids is 1. The van der Waals surface area contributed by atoms with E-state index in [1.54, 1.807) is 25.5 Å². The normalized spacial score (nSPS) is 11.0. The van der Waals surface area contributed by atoms with E-state index in [4.69, 9.17) is 9.47 Å². The third-order valence-corrected chi connectivity index (χ3v) is 5.48. The maximum absolute atomic E-state index is 13.4. The number of hydrogen-bond donors (Lipinski definition) is 1. The molecule has 0 atom stereocenters. The summed E-state index contributed by atoms with van der Waals surface area (Å²) in [6.45, 7) is 3.17. The summed E-state index contributed by atoms with van der Waals surface area (Å²) in [5.41, 5.74) is 7.29. The zero-order valence-electron chi connectivity index (χ0n) is 23.2. The molecule has 0 fully saturated rings. The van der Waals surface area contributed by atoms with Crippen LogP contribution in [0, 0.1) is 0 Å². The number of benzene rings is 3. The van der Waals surface area contributed by atoms with Crippen LogP contribution in [0.4, 0.5) is 0 Å². The molecule has 0 spiro atoms. The standard InChI is InChI=1S/C31H33N2O4.K.H3N/c1-4-12-29(17-11-20-32-36-3)37-24-28-21-26(18-19-30(28)35-2)23-33(22-25-13-7-5-8-14-25)31(34)27-15-9-6-10-16-27;;/h4-21H,22-24H2,1-3H3;;1H3/q-1;+1;/b12-4-,20-11?,29-17+;;. The molecule has 3 rings (SSSR count). The molecule has 0 aromatic heterocycles. The van der Waals surface area contributed by atoms with Crippen LogP contribution in [-0.2, 0) is 29.3 Å². The monoisotopic (exact) mass is 553 g/mol. The van der Waals surface area contributed by atoms with Crippen LogP contribution in [0.2, 0.25) is 0 Å². The Kier molecular flexibility index (Phi) is 17.1. The molecule has 0 unspecified atom stereocenters. The second-order valence-corrected chi connectivity index (χ2v) is 8.15. The number of rotatable bonds is 13. The Balaban J connectivity index is 0.00000380. The van der Waals surface area contributed by atoms with Gasteiger partial charge in [-0.3, -0.25) is 4.79 Å². The maximum Gasteiger partial charge on any atom is 1.00 e. The van der Waals surface area contributed by atoms with E-state index in [1.165, 1.54) is 7.11 Å². The van der Waals surface area contributed by atoms with E-state index < -0.39 is 0 Å². The van der Waals surface area contributed by atoms with Crippen molar-refractivity contribution in [3.63, 3.8) is 0 Å². The minimum atomic E-state index is -0.0235. The van der Waals surface area contributed by atoms with Gasteiger partial charge in [0.2, 0.25) is 0 Å². The zero-order valence-corrected chi connectivity index (χ0v) is 26.4. The topological polar surface area (TPSA) is 97.1 Å². The fourth-order valence-corrected chi connectivity index (χ4v) is 3.74. The van der Waals surface area contributed by atoms with Crippen LogP contribution < -0.4 is 62.3 Å². The molecule has 0 aliphatic rings. The fraction of sp³-hybridized carbons (Fsp3) is 0.194. The van der Waals surface area contributed by atoms with Crippen LogP contribution in [-0.4, -0.2) is 25.0 Å². The Hall–Kier alpha value is -2.69. The first-order valence-electron chi connectivity index (χ1n) is 12.0. The number of amides is 1. The average Bonchev–Trinajstić information content (AvgIpc) is 2.94. The molecule has 0 heterocycles. The molecule has 0 aliphatic heterocycles. The van der Waals surface area contributed by atoms with Gasteiger partial charge in [-0.25, -0.2) is 0 Å². The summed E-state index contributed by atoms with van der Waals surface area (Å²) in [4.78, 5) is 20.0. The summed E-state index contributed by atoms with van der Waals surface area (Å²) in [5, 5.41) is 0. The molecule has 0 saturated heterocycles. The van der Waals surface area contributed by atoms with Crippen molar-refractivity contribution in [1.29, 1.82) is 0 Å². The van der Waals surface area contributed by atoms with Crippen molar-refractivity contribution in [2.45, 2.75) is 26.6 Å². The van der Waals surface area contributed by atoms with Gasteiger partial charge in [-0.1, -0.05) is 66.7 Å². The van der Waals surface area contributed by atoms with Crippen molar-refractivity contribution in [1.82, 2.24) is 11.1 Å². The maximum atomic E-state index is 13.4. The van der Waals surface area contributed by atoms with Crippen molar-refractivity contribution >= 4 is 5.91 Å². The minimum Gasteiger partial charge on any atom is -0.569 e. The van der Waals surface area contributed by atoms with E-state index in [2.05, 4.69) is 10.3 Å². The summed E-state index contributed by atoms with van der Waals surface area (Å²) >= 11 is 0. The first kappa shape index (κ1) is 34.3. The van der Waals surface area contributed by atoms with Gasteiger partial charge in [-0.05, 0) is 54.5 Å². The molecule has 3 aromatic rings. The van der Waals surface area contributed by atoms with E-state index in [0.29, 0.717) is 31.0 Å². The molecule has 8 heteroatoms. The van der Waals surface area contributed by atoms with Crippen LogP contribution in [0.25, 0.3) is 5.48 Å². The molecule has 0 bridgehead atoms. The third kappa shape index (κ3) is 11.5. The second-order valence-electron chi connectivity index (χ2n) is 8.15. The molecule has 1 amide bonds. The summed E-state index contributed by atoms with van der Waals surface area (Å²) in [7, 11) is 3.13. The van der Waals surface area contributed by atoms with Crippen LogP contribution in [0.15, 0.2) is 115 Å². The fourth-order valence-electron chi connectivity index (χ4n) is 3.74. The molecular formula is C31H36KN3O4. The molecule has 0 aliphatic carbocycles. The van der Waals surface area contributed by atoms with Gasteiger partial charge in [0, 0.05) is 31.3 Å². The molecular weight excluding hydrogens is 517 g/mol. The van der Waals surface area contributed by atoms with Crippen molar-refractivity contribution in [3.8, 4) is 5.75 Å². The minimum absolute atomic E-state index is 0. The zero-order chi connectivity index (χ0) is 26.3. The van der Waals surface area contributed by atoms with Crippen LogP contribution >= 0.6 is 0 Å². The number of carbonyl (C=O) groups is 1. The smallest absolute Gasteiger partial charge is 0.569 e. The summed E-state index contributed by atoms with van der Waals surface area (Å²) in [5.74, 6) is 1.37. The largest absolute Gasteiger partial charge is 1.00 e. The van der Waals surface area contributed by atoms with E-state index in [9.17, 15) is 4.79 Å². The number of nitrogens with zero attached hydrogens (tertiary/aromatic N) is 2. The van der Waals surface area contributed by atoms with Gasteiger partial charge in [0.1, 0.15) is 18.1 Å². The van der Waals surface area contributed by atoms with Crippen molar-refractivity contribution in [2.75, 3.05) is 14.2 Å². The summed E-state index contributed by atoms with van der Waals surface area (Å²) in [6.07, 6.45) is 8.85. The quantitative estimate of drug-likeness (QED) is 0.149. The first-order chi connectivity index (χ1) is 18.1. The van der Waals surface area contributed by atoms with Crippen LogP contribution in [0.1, 0.15) is 34.0 Å². The van der Waals surface area contributed by atoms with Gasteiger partial charge in [0.05, 0.1) is 7.11 Å². The van der Waals surface area contributed by atoms with Gasteiger partial charge >= 0.3 is 51.4 Å². The molecule has 3 N–H and O–H groups in total. The Morgan fingerprint density at radius 3 is 2.23 bits per heavy atom. The average molecular weight is 554 g/mol. The van der Waals surface area contributed by atoms with Gasteiger partial charge < -0.3 is 30.8 Å². The molecule has 7 nitrogen and oxygen atoms in total. The molecule has 200 valence electrons.